The maximum Gasteiger partial charge on any atom is 0.222 e. The Morgan fingerprint density at radius 2 is 1.89 bits per heavy atom. The van der Waals surface area contributed by atoms with Crippen LogP contribution in [0.15, 0.2) is 0 Å². The number of aliphatic hydroxyl groups is 2. The Hall–Kier alpha value is -0.650. The van der Waals surface area contributed by atoms with E-state index in [1.54, 1.807) is 0 Å². The number of hydrogen-bond donors (Lipinski definition) is 3. The summed E-state index contributed by atoms with van der Waals surface area (Å²) in [4.78, 5) is 13.5. The molecule has 0 radical (unpaired) electrons. The van der Waals surface area contributed by atoms with Crippen molar-refractivity contribution in [1.82, 2.24) is 4.90 Å². The van der Waals surface area contributed by atoms with Gasteiger partial charge in [-0.05, 0) is 25.2 Å². The fourth-order valence-corrected chi connectivity index (χ4v) is 2.68. The van der Waals surface area contributed by atoms with Gasteiger partial charge < -0.3 is 20.8 Å². The third-order valence-corrected chi connectivity index (χ3v) is 3.68. The van der Waals surface area contributed by atoms with E-state index in [0.717, 1.165) is 25.7 Å². The SMILES string of the molecule is NC1CCCC(CCC(=O)N(CCO)CCO)C1. The van der Waals surface area contributed by atoms with Crippen molar-refractivity contribution in [2.75, 3.05) is 26.3 Å². The zero-order valence-electron chi connectivity index (χ0n) is 11.1. The third-order valence-electron chi connectivity index (χ3n) is 3.68. The molecule has 0 bridgehead atoms. The van der Waals surface area contributed by atoms with Crippen molar-refractivity contribution in [1.29, 1.82) is 0 Å². The molecule has 1 fully saturated rings. The van der Waals surface area contributed by atoms with Crippen LogP contribution < -0.4 is 5.73 Å². The summed E-state index contributed by atoms with van der Waals surface area (Å²) >= 11 is 0. The van der Waals surface area contributed by atoms with E-state index in [1.165, 1.54) is 11.3 Å². The largest absolute Gasteiger partial charge is 0.395 e. The molecule has 1 aliphatic carbocycles. The first-order valence-corrected chi connectivity index (χ1v) is 6.92. The van der Waals surface area contributed by atoms with Gasteiger partial charge in [0.25, 0.3) is 0 Å². The van der Waals surface area contributed by atoms with E-state index in [9.17, 15) is 4.79 Å². The van der Waals surface area contributed by atoms with Gasteiger partial charge in [-0.15, -0.1) is 0 Å². The minimum Gasteiger partial charge on any atom is -0.395 e. The van der Waals surface area contributed by atoms with Crippen molar-refractivity contribution in [2.24, 2.45) is 11.7 Å². The predicted molar refractivity (Wildman–Crippen MR) is 69.9 cm³/mol. The summed E-state index contributed by atoms with van der Waals surface area (Å²) in [5.74, 6) is 0.583. The molecular formula is C13H26N2O3. The molecule has 0 heterocycles. The van der Waals surface area contributed by atoms with Crippen molar-refractivity contribution in [3.8, 4) is 0 Å². The van der Waals surface area contributed by atoms with Crippen LogP contribution in [0.4, 0.5) is 0 Å². The van der Waals surface area contributed by atoms with Crippen LogP contribution in [0.5, 0.6) is 0 Å². The van der Waals surface area contributed by atoms with Crippen molar-refractivity contribution in [3.63, 3.8) is 0 Å². The van der Waals surface area contributed by atoms with Gasteiger partial charge in [0.15, 0.2) is 0 Å². The number of aliphatic hydroxyl groups excluding tert-OH is 2. The monoisotopic (exact) mass is 258 g/mol. The van der Waals surface area contributed by atoms with Gasteiger partial charge in [-0.1, -0.05) is 12.8 Å². The Morgan fingerprint density at radius 3 is 2.44 bits per heavy atom. The molecule has 1 rings (SSSR count). The van der Waals surface area contributed by atoms with Crippen LogP contribution >= 0.6 is 0 Å². The third kappa shape index (κ3) is 5.33. The topological polar surface area (TPSA) is 86.8 Å². The van der Waals surface area contributed by atoms with E-state index in [0.29, 0.717) is 31.5 Å². The zero-order chi connectivity index (χ0) is 13.4. The van der Waals surface area contributed by atoms with E-state index >= 15 is 0 Å². The molecule has 0 saturated heterocycles. The van der Waals surface area contributed by atoms with Crippen LogP contribution in [0.25, 0.3) is 0 Å². The molecule has 0 aliphatic heterocycles. The van der Waals surface area contributed by atoms with E-state index in [-0.39, 0.29) is 19.1 Å². The highest BCUT2D eigenvalue weighted by atomic mass is 16.3. The molecule has 4 N–H and O–H groups in total. The van der Waals surface area contributed by atoms with Gasteiger partial charge in [-0.3, -0.25) is 4.79 Å². The summed E-state index contributed by atoms with van der Waals surface area (Å²) in [6.07, 6.45) is 5.83. The Morgan fingerprint density at radius 1 is 1.22 bits per heavy atom. The fourth-order valence-electron chi connectivity index (χ4n) is 2.68. The average molecular weight is 258 g/mol. The van der Waals surface area contributed by atoms with Crippen LogP contribution in [-0.2, 0) is 4.79 Å². The van der Waals surface area contributed by atoms with E-state index in [1.807, 2.05) is 0 Å². The number of carbonyl (C=O) groups is 1. The van der Waals surface area contributed by atoms with Crippen LogP contribution in [0.2, 0.25) is 0 Å². The molecule has 5 heteroatoms. The van der Waals surface area contributed by atoms with Crippen molar-refractivity contribution in [3.05, 3.63) is 0 Å². The van der Waals surface area contributed by atoms with Gasteiger partial charge in [0.2, 0.25) is 5.91 Å². The second kappa shape index (κ2) is 8.45. The van der Waals surface area contributed by atoms with E-state index < -0.39 is 0 Å². The molecule has 0 aromatic rings. The number of nitrogens with two attached hydrogens (primary N) is 1. The number of amides is 1. The molecule has 0 aromatic carbocycles. The van der Waals surface area contributed by atoms with Crippen molar-refractivity contribution in [2.45, 2.75) is 44.6 Å². The second-order valence-electron chi connectivity index (χ2n) is 5.16. The smallest absolute Gasteiger partial charge is 0.222 e. The zero-order valence-corrected chi connectivity index (χ0v) is 11.1. The molecule has 5 nitrogen and oxygen atoms in total. The van der Waals surface area contributed by atoms with Gasteiger partial charge in [0.05, 0.1) is 13.2 Å². The first-order valence-electron chi connectivity index (χ1n) is 6.92. The summed E-state index contributed by atoms with van der Waals surface area (Å²) in [6.45, 7) is 0.507. The molecule has 0 aromatic heterocycles. The lowest BCUT2D eigenvalue weighted by Gasteiger charge is -2.27. The molecule has 106 valence electrons. The lowest BCUT2D eigenvalue weighted by Crippen LogP contribution is -2.36. The molecule has 1 aliphatic rings. The summed E-state index contributed by atoms with van der Waals surface area (Å²) in [6, 6.07) is 0.296. The lowest BCUT2D eigenvalue weighted by molar-refractivity contribution is -0.132. The lowest BCUT2D eigenvalue weighted by atomic mass is 9.83. The van der Waals surface area contributed by atoms with Crippen molar-refractivity contribution >= 4 is 5.91 Å². The number of rotatable bonds is 7. The Balaban J connectivity index is 2.29. The van der Waals surface area contributed by atoms with Crippen molar-refractivity contribution < 1.29 is 15.0 Å². The van der Waals surface area contributed by atoms with Crippen LogP contribution in [0.3, 0.4) is 0 Å². The normalized spacial score (nSPS) is 23.9. The Bertz CT molecular complexity index is 242. The first kappa shape index (κ1) is 15.4. The molecular weight excluding hydrogens is 232 g/mol. The second-order valence-corrected chi connectivity index (χ2v) is 5.16. The maximum absolute atomic E-state index is 11.9. The minimum absolute atomic E-state index is 0.0252. The maximum atomic E-state index is 11.9. The fraction of sp³-hybridized carbons (Fsp3) is 0.923. The molecule has 2 unspecified atom stereocenters. The number of hydrogen-bond acceptors (Lipinski definition) is 4. The van der Waals surface area contributed by atoms with Gasteiger partial charge in [0, 0.05) is 25.6 Å². The summed E-state index contributed by atoms with van der Waals surface area (Å²) in [5.41, 5.74) is 5.93. The molecule has 1 amide bonds. The number of nitrogens with zero attached hydrogens (tertiary/aromatic N) is 1. The highest BCUT2D eigenvalue weighted by Gasteiger charge is 2.21. The highest BCUT2D eigenvalue weighted by molar-refractivity contribution is 5.76. The summed E-state index contributed by atoms with van der Waals surface area (Å²) in [5, 5.41) is 17.7. The molecule has 18 heavy (non-hydrogen) atoms. The molecule has 2 atom stereocenters. The van der Waals surface area contributed by atoms with Crippen LogP contribution in [0.1, 0.15) is 38.5 Å². The van der Waals surface area contributed by atoms with E-state index in [4.69, 9.17) is 15.9 Å². The Labute approximate surface area is 109 Å². The van der Waals surface area contributed by atoms with Gasteiger partial charge in [-0.2, -0.15) is 0 Å². The first-order chi connectivity index (χ1) is 8.67. The quantitative estimate of drug-likeness (QED) is 0.604. The van der Waals surface area contributed by atoms with Crippen LogP contribution in [0, 0.1) is 5.92 Å². The van der Waals surface area contributed by atoms with Gasteiger partial charge in [-0.25, -0.2) is 0 Å². The molecule has 1 saturated carbocycles. The standard InChI is InChI=1S/C13H26N2O3/c14-12-3-1-2-11(10-12)4-5-13(18)15(6-8-16)7-9-17/h11-12,16-17H,1-10,14H2. The average Bonchev–Trinajstić information content (AvgIpc) is 2.36. The van der Waals surface area contributed by atoms with Gasteiger partial charge in [0.1, 0.15) is 0 Å². The minimum atomic E-state index is -0.0555. The molecule has 0 spiro atoms. The van der Waals surface area contributed by atoms with E-state index in [2.05, 4.69) is 0 Å². The van der Waals surface area contributed by atoms with Gasteiger partial charge >= 0.3 is 0 Å². The predicted octanol–water partition coefficient (Wildman–Crippen LogP) is 0.0973. The Kier molecular flexibility index (Phi) is 7.23. The van der Waals surface area contributed by atoms with Crippen LogP contribution in [-0.4, -0.2) is 53.4 Å². The summed E-state index contributed by atoms with van der Waals surface area (Å²) < 4.78 is 0. The highest BCUT2D eigenvalue weighted by Crippen LogP contribution is 2.26. The summed E-state index contributed by atoms with van der Waals surface area (Å²) in [7, 11) is 0. The number of carbonyl (C=O) groups excluding carboxylic acids is 1.